The summed E-state index contributed by atoms with van der Waals surface area (Å²) in [5.41, 5.74) is -2.54. The molecule has 182 valence electrons. The van der Waals surface area contributed by atoms with E-state index in [2.05, 4.69) is 10.9 Å². The summed E-state index contributed by atoms with van der Waals surface area (Å²) in [5, 5.41) is 0. The van der Waals surface area contributed by atoms with E-state index >= 15 is 0 Å². The van der Waals surface area contributed by atoms with Crippen LogP contribution in [0.1, 0.15) is 33.4 Å². The van der Waals surface area contributed by atoms with E-state index in [0.29, 0.717) is 0 Å². The van der Waals surface area contributed by atoms with Crippen LogP contribution < -0.4 is 11.2 Å². The second-order valence-electron chi connectivity index (χ2n) is 8.14. The van der Waals surface area contributed by atoms with Gasteiger partial charge in [-0.15, -0.1) is 6.42 Å². The van der Waals surface area contributed by atoms with Crippen molar-refractivity contribution >= 4 is 13.8 Å². The number of phosphoric ester groups is 1. The standard InChI is InChI=1S/C20H27N2O10P/c1-6-20(4)17-14(31-18(20)22-8-7-15(23)21-19(22)25)11-29-33(26,32-17)28-10-13(27-5)9-16(24)30-12(2)3/h1,7-8,12-14,17-18H,9-11H2,2-5H3,(H,21,23,25)/t13-,14+,17+,18+,20+,33-/m0/s1. The number of H-pyrrole nitrogens is 1. The Bertz CT molecular complexity index is 1080. The first kappa shape index (κ1) is 25.4. The highest BCUT2D eigenvalue weighted by atomic mass is 31.2. The minimum atomic E-state index is -4.11. The van der Waals surface area contributed by atoms with Crippen molar-refractivity contribution in [1.29, 1.82) is 0 Å². The fourth-order valence-electron chi connectivity index (χ4n) is 3.61. The number of hydrogen-bond donors (Lipinski definition) is 1. The molecule has 3 rings (SSSR count). The third kappa shape index (κ3) is 5.46. The molecule has 2 aliphatic rings. The van der Waals surface area contributed by atoms with Crippen LogP contribution in [0.3, 0.4) is 0 Å². The number of aromatic amines is 1. The monoisotopic (exact) mass is 486 g/mol. The molecule has 2 saturated heterocycles. The number of carbonyl (C=O) groups is 1. The zero-order valence-corrected chi connectivity index (χ0v) is 19.6. The van der Waals surface area contributed by atoms with Crippen molar-refractivity contribution in [3.63, 3.8) is 0 Å². The van der Waals surface area contributed by atoms with Gasteiger partial charge in [-0.25, -0.2) is 9.36 Å². The van der Waals surface area contributed by atoms with Crippen LogP contribution in [0.2, 0.25) is 0 Å². The number of esters is 1. The maximum Gasteiger partial charge on any atom is 0.475 e. The Morgan fingerprint density at radius 1 is 1.45 bits per heavy atom. The maximum atomic E-state index is 13.1. The highest BCUT2D eigenvalue weighted by Crippen LogP contribution is 2.60. The van der Waals surface area contributed by atoms with Crippen LogP contribution in [0.15, 0.2) is 21.9 Å². The van der Waals surface area contributed by atoms with Gasteiger partial charge >= 0.3 is 19.5 Å². The lowest BCUT2D eigenvalue weighted by atomic mass is 9.83. The Balaban J connectivity index is 1.73. The predicted molar refractivity (Wildman–Crippen MR) is 113 cm³/mol. The fourth-order valence-corrected chi connectivity index (χ4v) is 5.12. The number of phosphoric acid groups is 1. The number of aromatic nitrogens is 2. The third-order valence-electron chi connectivity index (χ3n) is 5.31. The zero-order valence-electron chi connectivity index (χ0n) is 18.7. The molecule has 0 radical (unpaired) electrons. The largest absolute Gasteiger partial charge is 0.475 e. The van der Waals surface area contributed by atoms with Gasteiger partial charge in [-0.1, -0.05) is 5.92 Å². The maximum absolute atomic E-state index is 13.1. The molecule has 1 N–H and O–H groups in total. The van der Waals surface area contributed by atoms with Gasteiger partial charge in [0, 0.05) is 19.4 Å². The van der Waals surface area contributed by atoms with Crippen LogP contribution in [-0.4, -0.2) is 60.3 Å². The lowest BCUT2D eigenvalue weighted by Crippen LogP contribution is -2.43. The SMILES string of the molecule is C#C[C@]1(C)[C@@H]2O[P@@](=O)(OC[C@H](CC(=O)OC(C)C)OC)OC[C@H]2O[C@H]1n1ccc(=O)[nH]c1=O. The van der Waals surface area contributed by atoms with Crippen LogP contribution in [0.25, 0.3) is 0 Å². The molecule has 12 nitrogen and oxygen atoms in total. The third-order valence-corrected chi connectivity index (χ3v) is 6.73. The van der Waals surface area contributed by atoms with Crippen molar-refractivity contribution in [2.24, 2.45) is 5.41 Å². The Morgan fingerprint density at radius 3 is 2.79 bits per heavy atom. The number of nitrogens with one attached hydrogen (secondary N) is 1. The van der Waals surface area contributed by atoms with Gasteiger partial charge in [-0.05, 0) is 20.8 Å². The summed E-state index contributed by atoms with van der Waals surface area (Å²) in [5.74, 6) is 2.07. The molecule has 1 aromatic rings. The minimum absolute atomic E-state index is 0.122. The van der Waals surface area contributed by atoms with E-state index in [4.69, 9.17) is 34.2 Å². The summed E-state index contributed by atoms with van der Waals surface area (Å²) in [7, 11) is -2.73. The lowest BCUT2D eigenvalue weighted by molar-refractivity contribution is -0.151. The normalized spacial score (nSPS) is 32.2. The fraction of sp³-hybridized carbons (Fsp3) is 0.650. The molecule has 0 amide bonds. The molecule has 2 fully saturated rings. The van der Waals surface area contributed by atoms with Gasteiger partial charge in [0.1, 0.15) is 17.6 Å². The van der Waals surface area contributed by atoms with Crippen LogP contribution in [0.5, 0.6) is 0 Å². The summed E-state index contributed by atoms with van der Waals surface area (Å²) in [6.07, 6.45) is 3.15. The molecule has 33 heavy (non-hydrogen) atoms. The first-order valence-electron chi connectivity index (χ1n) is 10.3. The van der Waals surface area contributed by atoms with Crippen molar-refractivity contribution in [2.75, 3.05) is 20.3 Å². The first-order valence-corrected chi connectivity index (χ1v) is 11.7. The average molecular weight is 486 g/mol. The number of hydrogen-bond acceptors (Lipinski definition) is 10. The number of ether oxygens (including phenoxy) is 3. The minimum Gasteiger partial charge on any atom is -0.463 e. The van der Waals surface area contributed by atoms with Crippen LogP contribution in [0, 0.1) is 17.8 Å². The summed E-state index contributed by atoms with van der Waals surface area (Å²) in [4.78, 5) is 37.7. The predicted octanol–water partition coefficient (Wildman–Crippen LogP) is 0.970. The van der Waals surface area contributed by atoms with E-state index < -0.39 is 55.0 Å². The van der Waals surface area contributed by atoms with Gasteiger partial charge in [0.05, 0.1) is 31.8 Å². The molecule has 0 unspecified atom stereocenters. The molecule has 1 aromatic heterocycles. The molecule has 0 saturated carbocycles. The summed E-state index contributed by atoms with van der Waals surface area (Å²) in [6, 6.07) is 1.16. The Hall–Kier alpha value is -2.26. The smallest absolute Gasteiger partial charge is 0.463 e. The highest BCUT2D eigenvalue weighted by molar-refractivity contribution is 7.48. The van der Waals surface area contributed by atoms with E-state index in [9.17, 15) is 18.9 Å². The Labute approximate surface area is 190 Å². The molecular formula is C20H27N2O10P. The summed E-state index contributed by atoms with van der Waals surface area (Å²) >= 11 is 0. The molecule has 6 atom stereocenters. The van der Waals surface area contributed by atoms with Crippen LogP contribution in [-0.2, 0) is 37.1 Å². The number of fused-ring (bicyclic) bond motifs is 1. The van der Waals surface area contributed by atoms with Crippen molar-refractivity contribution in [2.45, 2.75) is 57.8 Å². The molecule has 3 heterocycles. The average Bonchev–Trinajstić information content (AvgIpc) is 3.03. The molecule has 0 bridgehead atoms. The molecule has 0 spiro atoms. The zero-order chi connectivity index (χ0) is 24.4. The van der Waals surface area contributed by atoms with Gasteiger partial charge < -0.3 is 14.2 Å². The van der Waals surface area contributed by atoms with Crippen molar-refractivity contribution < 1.29 is 37.1 Å². The van der Waals surface area contributed by atoms with E-state index in [1.807, 2.05) is 0 Å². The van der Waals surface area contributed by atoms with E-state index in [0.717, 1.165) is 10.6 Å². The molecular weight excluding hydrogens is 459 g/mol. The van der Waals surface area contributed by atoms with Crippen LogP contribution >= 0.6 is 7.82 Å². The van der Waals surface area contributed by atoms with E-state index in [-0.39, 0.29) is 25.7 Å². The molecule has 2 aliphatic heterocycles. The molecule has 0 aromatic carbocycles. The van der Waals surface area contributed by atoms with Crippen molar-refractivity contribution in [3.8, 4) is 12.3 Å². The van der Waals surface area contributed by atoms with Gasteiger partial charge in [-0.2, -0.15) is 0 Å². The number of carbonyl (C=O) groups excluding carboxylic acids is 1. The van der Waals surface area contributed by atoms with Gasteiger partial charge in [0.15, 0.2) is 6.23 Å². The van der Waals surface area contributed by atoms with Gasteiger partial charge in [0.2, 0.25) is 0 Å². The topological polar surface area (TPSA) is 144 Å². The quantitative estimate of drug-likeness (QED) is 0.321. The van der Waals surface area contributed by atoms with Gasteiger partial charge in [0.25, 0.3) is 5.56 Å². The Morgan fingerprint density at radius 2 is 2.18 bits per heavy atom. The number of rotatable bonds is 8. The van der Waals surface area contributed by atoms with Crippen LogP contribution in [0.4, 0.5) is 0 Å². The number of terminal acetylenes is 1. The first-order chi connectivity index (χ1) is 15.5. The lowest BCUT2D eigenvalue weighted by Gasteiger charge is -2.35. The summed E-state index contributed by atoms with van der Waals surface area (Å²) < 4.78 is 46.8. The number of methoxy groups -OCH3 is 1. The molecule has 13 heteroatoms. The van der Waals surface area contributed by atoms with E-state index in [1.165, 1.54) is 13.3 Å². The van der Waals surface area contributed by atoms with Crippen molar-refractivity contribution in [1.82, 2.24) is 9.55 Å². The highest BCUT2D eigenvalue weighted by Gasteiger charge is 2.60. The van der Waals surface area contributed by atoms with E-state index in [1.54, 1.807) is 20.8 Å². The van der Waals surface area contributed by atoms with Crippen molar-refractivity contribution in [3.05, 3.63) is 33.1 Å². The summed E-state index contributed by atoms with van der Waals surface area (Å²) in [6.45, 7) is 4.59. The molecule has 0 aliphatic carbocycles. The van der Waals surface area contributed by atoms with Gasteiger partial charge in [-0.3, -0.25) is 32.7 Å². The Kier molecular flexibility index (Phi) is 7.63. The second-order valence-corrected chi connectivity index (χ2v) is 9.76. The second kappa shape index (κ2) is 9.93. The number of nitrogens with zero attached hydrogens (tertiary/aromatic N) is 1.